The van der Waals surface area contributed by atoms with E-state index in [1.807, 2.05) is 0 Å². The number of furan rings is 1. The van der Waals surface area contributed by atoms with Gasteiger partial charge in [0.05, 0.1) is 17.3 Å². The van der Waals surface area contributed by atoms with Crippen molar-refractivity contribution in [3.63, 3.8) is 0 Å². The Morgan fingerprint density at radius 1 is 1.62 bits per heavy atom. The molecule has 0 spiro atoms. The number of carbonyl (C=O) groups is 1. The van der Waals surface area contributed by atoms with E-state index in [4.69, 9.17) is 13.7 Å². The maximum absolute atomic E-state index is 11.3. The first-order chi connectivity index (χ1) is 7.72. The fraction of sp³-hybridized carbons (Fsp3) is 0.222. The average Bonchev–Trinajstić information content (AvgIpc) is 2.86. The van der Waals surface area contributed by atoms with Gasteiger partial charge in [0.2, 0.25) is 5.76 Å². The maximum atomic E-state index is 11.3. The number of aromatic nitrogens is 2. The Morgan fingerprint density at radius 3 is 3.06 bits per heavy atom. The largest absolute Gasteiger partial charge is 0.460 e. The Morgan fingerprint density at radius 2 is 2.44 bits per heavy atom. The minimum absolute atomic E-state index is 0.125. The van der Waals surface area contributed by atoms with Gasteiger partial charge < -0.3 is 13.7 Å². The summed E-state index contributed by atoms with van der Waals surface area (Å²) in [5, 5.41) is 3.49. The van der Waals surface area contributed by atoms with Gasteiger partial charge in [-0.1, -0.05) is 0 Å². The molecular formula is C9H7BrN2O4. The SMILES string of the molecule is CCOC(=O)c1noc(-c2occc2Br)n1. The monoisotopic (exact) mass is 286 g/mol. The Kier molecular flexibility index (Phi) is 3.04. The molecule has 0 aromatic carbocycles. The third-order valence-electron chi connectivity index (χ3n) is 1.70. The summed E-state index contributed by atoms with van der Waals surface area (Å²) >= 11 is 3.24. The van der Waals surface area contributed by atoms with Gasteiger partial charge in [-0.25, -0.2) is 4.79 Å². The molecule has 0 aliphatic heterocycles. The van der Waals surface area contributed by atoms with Crippen molar-refractivity contribution in [2.24, 2.45) is 0 Å². The van der Waals surface area contributed by atoms with E-state index in [1.165, 1.54) is 6.26 Å². The first-order valence-corrected chi connectivity index (χ1v) is 5.26. The highest BCUT2D eigenvalue weighted by Gasteiger charge is 2.19. The molecule has 0 N–H and O–H groups in total. The molecule has 0 atom stereocenters. The van der Waals surface area contributed by atoms with Crippen LogP contribution in [0.2, 0.25) is 0 Å². The zero-order valence-corrected chi connectivity index (χ0v) is 9.85. The van der Waals surface area contributed by atoms with Crippen LogP contribution in [0.5, 0.6) is 0 Å². The molecular weight excluding hydrogens is 280 g/mol. The van der Waals surface area contributed by atoms with Crippen molar-refractivity contribution in [2.45, 2.75) is 6.92 Å². The summed E-state index contributed by atoms with van der Waals surface area (Å²) in [6.07, 6.45) is 1.47. The van der Waals surface area contributed by atoms with Crippen LogP contribution in [-0.4, -0.2) is 22.7 Å². The molecule has 2 aromatic heterocycles. The molecule has 2 rings (SSSR count). The third kappa shape index (κ3) is 1.99. The molecule has 7 heteroatoms. The number of nitrogens with zero attached hydrogens (tertiary/aromatic N) is 2. The lowest BCUT2D eigenvalue weighted by atomic mass is 10.4. The number of carbonyl (C=O) groups excluding carboxylic acids is 1. The number of ether oxygens (including phenoxy) is 1. The van der Waals surface area contributed by atoms with Gasteiger partial charge >= 0.3 is 5.97 Å². The minimum atomic E-state index is -0.625. The third-order valence-corrected chi connectivity index (χ3v) is 2.32. The standard InChI is InChI=1S/C9H7BrN2O4/c1-2-14-9(13)7-11-8(16-12-7)6-5(10)3-4-15-6/h3-4H,2H2,1H3. The minimum Gasteiger partial charge on any atom is -0.460 e. The summed E-state index contributed by atoms with van der Waals surface area (Å²) in [4.78, 5) is 15.1. The Balaban J connectivity index is 2.26. The predicted octanol–water partition coefficient (Wildman–Crippen LogP) is 2.27. The molecule has 0 fully saturated rings. The van der Waals surface area contributed by atoms with Crippen molar-refractivity contribution in [1.82, 2.24) is 10.1 Å². The lowest BCUT2D eigenvalue weighted by Crippen LogP contribution is -2.06. The summed E-state index contributed by atoms with van der Waals surface area (Å²) < 4.78 is 15.4. The van der Waals surface area contributed by atoms with Gasteiger partial charge in [0.15, 0.2) is 0 Å². The number of rotatable bonds is 3. The lowest BCUT2D eigenvalue weighted by molar-refractivity contribution is 0.0508. The van der Waals surface area contributed by atoms with Gasteiger partial charge in [-0.05, 0) is 34.1 Å². The number of esters is 1. The lowest BCUT2D eigenvalue weighted by Gasteiger charge is -1.93. The van der Waals surface area contributed by atoms with Gasteiger partial charge in [0.25, 0.3) is 11.7 Å². The van der Waals surface area contributed by atoms with Crippen molar-refractivity contribution in [3.05, 3.63) is 22.6 Å². The Bertz CT molecular complexity index is 505. The summed E-state index contributed by atoms with van der Waals surface area (Å²) in [5.41, 5.74) is 0. The van der Waals surface area contributed by atoms with E-state index in [0.717, 1.165) is 0 Å². The summed E-state index contributed by atoms with van der Waals surface area (Å²) in [5.74, 6) is -0.247. The molecule has 0 aliphatic rings. The van der Waals surface area contributed by atoms with E-state index < -0.39 is 5.97 Å². The summed E-state index contributed by atoms with van der Waals surface area (Å²) in [6, 6.07) is 1.68. The second kappa shape index (κ2) is 4.48. The van der Waals surface area contributed by atoms with E-state index >= 15 is 0 Å². The van der Waals surface area contributed by atoms with E-state index in [2.05, 4.69) is 26.1 Å². The molecule has 0 saturated heterocycles. The molecule has 16 heavy (non-hydrogen) atoms. The predicted molar refractivity (Wildman–Crippen MR) is 55.7 cm³/mol. The van der Waals surface area contributed by atoms with Gasteiger partial charge in [0.1, 0.15) is 0 Å². The topological polar surface area (TPSA) is 78.4 Å². The van der Waals surface area contributed by atoms with E-state index in [0.29, 0.717) is 10.2 Å². The molecule has 84 valence electrons. The van der Waals surface area contributed by atoms with Crippen LogP contribution < -0.4 is 0 Å². The number of halogens is 1. The van der Waals surface area contributed by atoms with Gasteiger partial charge in [-0.15, -0.1) is 0 Å². The van der Waals surface area contributed by atoms with Crippen molar-refractivity contribution >= 4 is 21.9 Å². The van der Waals surface area contributed by atoms with Crippen molar-refractivity contribution in [3.8, 4) is 11.7 Å². The van der Waals surface area contributed by atoms with E-state index in [1.54, 1.807) is 13.0 Å². The average molecular weight is 287 g/mol. The molecule has 2 aromatic rings. The molecule has 2 heterocycles. The van der Waals surface area contributed by atoms with E-state index in [-0.39, 0.29) is 18.3 Å². The molecule has 6 nitrogen and oxygen atoms in total. The van der Waals surface area contributed by atoms with Gasteiger partial charge in [-0.3, -0.25) is 0 Å². The zero-order chi connectivity index (χ0) is 11.5. The second-order valence-electron chi connectivity index (χ2n) is 2.74. The smallest absolute Gasteiger partial charge is 0.379 e. The molecule has 0 radical (unpaired) electrons. The molecule has 0 amide bonds. The Hall–Kier alpha value is -1.63. The summed E-state index contributed by atoms with van der Waals surface area (Å²) in [7, 11) is 0. The molecule has 0 aliphatic carbocycles. The van der Waals surface area contributed by atoms with Gasteiger partial charge in [0, 0.05) is 0 Å². The molecule has 0 saturated carbocycles. The number of hydrogen-bond donors (Lipinski definition) is 0. The second-order valence-corrected chi connectivity index (χ2v) is 3.60. The van der Waals surface area contributed by atoms with Crippen LogP contribution in [0, 0.1) is 0 Å². The number of hydrogen-bond acceptors (Lipinski definition) is 6. The highest BCUT2D eigenvalue weighted by Crippen LogP contribution is 2.27. The van der Waals surface area contributed by atoms with Crippen LogP contribution in [-0.2, 0) is 4.74 Å². The Labute approximate surface area is 98.7 Å². The van der Waals surface area contributed by atoms with Crippen LogP contribution in [0.3, 0.4) is 0 Å². The maximum Gasteiger partial charge on any atom is 0.379 e. The molecule has 0 bridgehead atoms. The van der Waals surface area contributed by atoms with Crippen LogP contribution in [0.1, 0.15) is 17.5 Å². The van der Waals surface area contributed by atoms with Crippen LogP contribution in [0.4, 0.5) is 0 Å². The summed E-state index contributed by atoms with van der Waals surface area (Å²) in [6.45, 7) is 1.95. The van der Waals surface area contributed by atoms with Crippen molar-refractivity contribution < 1.29 is 18.5 Å². The highest BCUT2D eigenvalue weighted by molar-refractivity contribution is 9.10. The van der Waals surface area contributed by atoms with Gasteiger partial charge in [-0.2, -0.15) is 4.98 Å². The van der Waals surface area contributed by atoms with E-state index in [9.17, 15) is 4.79 Å². The van der Waals surface area contributed by atoms with Crippen molar-refractivity contribution in [2.75, 3.05) is 6.61 Å². The van der Waals surface area contributed by atoms with Crippen LogP contribution >= 0.6 is 15.9 Å². The normalized spacial score (nSPS) is 10.4. The van der Waals surface area contributed by atoms with Crippen LogP contribution in [0.15, 0.2) is 25.7 Å². The first-order valence-electron chi connectivity index (χ1n) is 4.46. The zero-order valence-electron chi connectivity index (χ0n) is 8.27. The van der Waals surface area contributed by atoms with Crippen LogP contribution in [0.25, 0.3) is 11.7 Å². The van der Waals surface area contributed by atoms with Crippen molar-refractivity contribution in [1.29, 1.82) is 0 Å². The molecule has 0 unspecified atom stereocenters. The fourth-order valence-corrected chi connectivity index (χ4v) is 1.41. The fourth-order valence-electron chi connectivity index (χ4n) is 1.04. The highest BCUT2D eigenvalue weighted by atomic mass is 79.9. The first kappa shape index (κ1) is 10.9. The quantitative estimate of drug-likeness (QED) is 0.806.